The molecule has 2 aliphatic heterocycles. The van der Waals surface area contributed by atoms with Crippen molar-refractivity contribution in [3.63, 3.8) is 0 Å². The molecule has 3 N–H and O–H groups in total. The van der Waals surface area contributed by atoms with Crippen molar-refractivity contribution < 1.29 is 23.8 Å². The molecule has 2 aliphatic rings. The summed E-state index contributed by atoms with van der Waals surface area (Å²) in [4.78, 5) is 16.4. The van der Waals surface area contributed by atoms with E-state index in [4.69, 9.17) is 9.47 Å². The number of carbonyl (C=O) groups excluding carboxylic acids is 1. The average molecular weight is 382 g/mol. The number of anilines is 1. The minimum Gasteiger partial charge on any atom is -0.389 e. The highest BCUT2D eigenvalue weighted by molar-refractivity contribution is 5.89. The first-order chi connectivity index (χ1) is 12.8. The number of likely N-dealkylation sites (N-methyl/N-ethyl adjacent to an activating group) is 2. The maximum atomic E-state index is 13.0. The number of halogens is 1. The number of ether oxygens (including phenoxy) is 2. The summed E-state index contributed by atoms with van der Waals surface area (Å²) < 4.78 is 24.5. The second-order valence-corrected chi connectivity index (χ2v) is 7.27. The third-order valence-electron chi connectivity index (χ3n) is 4.94. The lowest BCUT2D eigenvalue weighted by Gasteiger charge is -2.42. The second-order valence-electron chi connectivity index (χ2n) is 7.27. The number of benzene rings is 1. The Hall–Kier alpha value is -1.78. The molecule has 0 radical (unpaired) electrons. The van der Waals surface area contributed by atoms with Crippen LogP contribution in [0.3, 0.4) is 0 Å². The Balaban J connectivity index is 1.63. The fourth-order valence-corrected chi connectivity index (χ4v) is 3.41. The summed E-state index contributed by atoms with van der Waals surface area (Å²) in [5.74, 6) is -0.380. The number of nitrogens with zero attached hydrogens (tertiary/aromatic N) is 2. The molecule has 5 atom stereocenters. The maximum absolute atomic E-state index is 13.0. The van der Waals surface area contributed by atoms with Crippen LogP contribution in [0.25, 0.3) is 0 Å². The molecule has 8 nitrogen and oxygen atoms in total. The van der Waals surface area contributed by atoms with Gasteiger partial charge in [0.1, 0.15) is 11.9 Å². The highest BCUT2D eigenvalue weighted by Gasteiger charge is 2.51. The molecule has 2 fully saturated rings. The molecule has 27 heavy (non-hydrogen) atoms. The lowest BCUT2D eigenvalue weighted by Crippen LogP contribution is -2.65. The minimum atomic E-state index is -0.845. The first-order valence-corrected chi connectivity index (χ1v) is 8.98. The molecule has 0 aliphatic carbocycles. The molecule has 0 aromatic heterocycles. The van der Waals surface area contributed by atoms with Crippen molar-refractivity contribution in [2.75, 3.05) is 46.2 Å². The van der Waals surface area contributed by atoms with Crippen LogP contribution in [-0.2, 0) is 9.47 Å². The predicted octanol–water partition coefficient (Wildman–Crippen LogP) is 0.294. The number of aliphatic hydroxyl groups excluding tert-OH is 1. The lowest BCUT2D eigenvalue weighted by atomic mass is 9.95. The summed E-state index contributed by atoms with van der Waals surface area (Å²) in [6.45, 7) is 1.84. The topological polar surface area (TPSA) is 86.3 Å². The van der Waals surface area contributed by atoms with Crippen LogP contribution in [0.1, 0.15) is 0 Å². The van der Waals surface area contributed by atoms with Gasteiger partial charge in [-0.2, -0.15) is 0 Å². The van der Waals surface area contributed by atoms with Crippen LogP contribution in [0, 0.1) is 5.82 Å². The molecular weight excluding hydrogens is 355 g/mol. The van der Waals surface area contributed by atoms with Crippen molar-refractivity contribution in [2.45, 2.75) is 30.6 Å². The number of amides is 2. The number of hydrogen-bond acceptors (Lipinski definition) is 6. The largest absolute Gasteiger partial charge is 0.389 e. The Kier molecular flexibility index (Phi) is 6.28. The van der Waals surface area contributed by atoms with Gasteiger partial charge in [0.25, 0.3) is 0 Å². The van der Waals surface area contributed by atoms with E-state index in [1.54, 1.807) is 0 Å². The second kappa shape index (κ2) is 8.49. The van der Waals surface area contributed by atoms with E-state index < -0.39 is 30.6 Å². The molecule has 9 heteroatoms. The standard InChI is InChI=1S/C18H27FN4O4/c1-22(2)8-9-23(3)15-16(24)14(13-10-26-17(15)27-13)21-18(25)20-12-6-4-11(19)5-7-12/h4-7,13-17,24H,8-10H2,1-3H3,(H2,20,21,25). The summed E-state index contributed by atoms with van der Waals surface area (Å²) in [5, 5.41) is 16.3. The Labute approximate surface area is 158 Å². The van der Waals surface area contributed by atoms with E-state index in [0.29, 0.717) is 12.3 Å². The summed E-state index contributed by atoms with van der Waals surface area (Å²) >= 11 is 0. The quantitative estimate of drug-likeness (QED) is 0.656. The smallest absolute Gasteiger partial charge is 0.319 e. The number of fused-ring (bicyclic) bond motifs is 2. The molecular formula is C18H27FN4O4. The number of carbonyl (C=O) groups is 1. The first-order valence-electron chi connectivity index (χ1n) is 8.98. The third-order valence-corrected chi connectivity index (χ3v) is 4.94. The Morgan fingerprint density at radius 1 is 1.26 bits per heavy atom. The van der Waals surface area contributed by atoms with Gasteiger partial charge < -0.3 is 30.1 Å². The van der Waals surface area contributed by atoms with E-state index in [0.717, 1.165) is 13.1 Å². The Morgan fingerprint density at radius 3 is 2.63 bits per heavy atom. The molecule has 150 valence electrons. The van der Waals surface area contributed by atoms with Crippen LogP contribution in [0.2, 0.25) is 0 Å². The fourth-order valence-electron chi connectivity index (χ4n) is 3.41. The molecule has 3 rings (SSSR count). The van der Waals surface area contributed by atoms with Gasteiger partial charge in [-0.1, -0.05) is 0 Å². The first kappa shape index (κ1) is 20.0. The van der Waals surface area contributed by atoms with Gasteiger partial charge in [0.05, 0.1) is 24.8 Å². The van der Waals surface area contributed by atoms with Crippen LogP contribution in [0.4, 0.5) is 14.9 Å². The van der Waals surface area contributed by atoms with Crippen molar-refractivity contribution in [3.8, 4) is 0 Å². The third kappa shape index (κ3) is 4.74. The summed E-state index contributed by atoms with van der Waals surface area (Å²) in [5.41, 5.74) is 0.459. The van der Waals surface area contributed by atoms with Crippen LogP contribution in [-0.4, -0.2) is 92.4 Å². The van der Waals surface area contributed by atoms with Crippen molar-refractivity contribution >= 4 is 11.7 Å². The van der Waals surface area contributed by atoms with Gasteiger partial charge >= 0.3 is 6.03 Å². The van der Waals surface area contributed by atoms with E-state index in [9.17, 15) is 14.3 Å². The normalized spacial score (nSPS) is 30.0. The SMILES string of the molecule is CN(C)CCN(C)C1C2OCC(O2)C(NC(=O)Nc2ccc(F)cc2)C1O. The lowest BCUT2D eigenvalue weighted by molar-refractivity contribution is -0.177. The zero-order valence-electron chi connectivity index (χ0n) is 15.8. The molecule has 2 heterocycles. The maximum Gasteiger partial charge on any atom is 0.319 e. The van der Waals surface area contributed by atoms with Crippen molar-refractivity contribution in [2.24, 2.45) is 0 Å². The van der Waals surface area contributed by atoms with Crippen LogP contribution in [0.5, 0.6) is 0 Å². The van der Waals surface area contributed by atoms with Crippen molar-refractivity contribution in [1.29, 1.82) is 0 Å². The van der Waals surface area contributed by atoms with Crippen molar-refractivity contribution in [1.82, 2.24) is 15.1 Å². The molecule has 2 bridgehead atoms. The van der Waals surface area contributed by atoms with E-state index in [-0.39, 0.29) is 11.9 Å². The van der Waals surface area contributed by atoms with Gasteiger partial charge in [0.2, 0.25) is 0 Å². The number of urea groups is 1. The van der Waals surface area contributed by atoms with E-state index in [2.05, 4.69) is 15.5 Å². The molecule has 2 amide bonds. The zero-order chi connectivity index (χ0) is 19.6. The van der Waals surface area contributed by atoms with Crippen LogP contribution in [0.15, 0.2) is 24.3 Å². The van der Waals surface area contributed by atoms with E-state index >= 15 is 0 Å². The summed E-state index contributed by atoms with van der Waals surface area (Å²) in [6.07, 6.45) is -1.78. The van der Waals surface area contributed by atoms with E-state index in [1.165, 1.54) is 24.3 Å². The van der Waals surface area contributed by atoms with Crippen LogP contribution < -0.4 is 10.6 Å². The molecule has 5 unspecified atom stereocenters. The van der Waals surface area contributed by atoms with Crippen molar-refractivity contribution in [3.05, 3.63) is 30.1 Å². The number of hydrogen-bond donors (Lipinski definition) is 3. The van der Waals surface area contributed by atoms with Gasteiger partial charge in [0.15, 0.2) is 6.29 Å². The summed E-state index contributed by atoms with van der Waals surface area (Å²) in [7, 11) is 5.86. The van der Waals surface area contributed by atoms with E-state index in [1.807, 2.05) is 26.0 Å². The highest BCUT2D eigenvalue weighted by atomic mass is 19.1. The summed E-state index contributed by atoms with van der Waals surface area (Å²) in [6, 6.07) is 3.97. The number of nitrogens with one attached hydrogen (secondary N) is 2. The van der Waals surface area contributed by atoms with Gasteiger partial charge in [0, 0.05) is 18.8 Å². The Bertz CT molecular complexity index is 645. The fraction of sp³-hybridized carbons (Fsp3) is 0.611. The zero-order valence-corrected chi connectivity index (χ0v) is 15.8. The molecule has 0 spiro atoms. The molecule has 2 saturated heterocycles. The monoisotopic (exact) mass is 382 g/mol. The Morgan fingerprint density at radius 2 is 1.96 bits per heavy atom. The molecule has 1 aromatic carbocycles. The molecule has 0 saturated carbocycles. The van der Waals surface area contributed by atoms with Gasteiger partial charge in [-0.15, -0.1) is 0 Å². The predicted molar refractivity (Wildman–Crippen MR) is 97.9 cm³/mol. The van der Waals surface area contributed by atoms with Gasteiger partial charge in [-0.05, 0) is 45.4 Å². The van der Waals surface area contributed by atoms with Gasteiger partial charge in [-0.3, -0.25) is 4.90 Å². The van der Waals surface area contributed by atoms with Crippen LogP contribution >= 0.6 is 0 Å². The highest BCUT2D eigenvalue weighted by Crippen LogP contribution is 2.31. The average Bonchev–Trinajstić information content (AvgIpc) is 3.04. The molecule has 1 aromatic rings. The minimum absolute atomic E-state index is 0.307. The number of aliphatic hydroxyl groups is 1. The van der Waals surface area contributed by atoms with Gasteiger partial charge in [-0.25, -0.2) is 9.18 Å². The number of rotatable bonds is 6.